The molecule has 1 N–H and O–H groups in total. The zero-order valence-corrected chi connectivity index (χ0v) is 16.4. The number of piperidine rings is 1. The van der Waals surface area contributed by atoms with Crippen LogP contribution in [0.1, 0.15) is 12.0 Å². The topological polar surface area (TPSA) is 77.8 Å². The number of ether oxygens (including phenoxy) is 2. The van der Waals surface area contributed by atoms with E-state index in [2.05, 4.69) is 16.3 Å². The summed E-state index contributed by atoms with van der Waals surface area (Å²) in [6, 6.07) is 16.2. The third kappa shape index (κ3) is 4.34. The predicted molar refractivity (Wildman–Crippen MR) is 109 cm³/mol. The van der Waals surface area contributed by atoms with Crippen molar-refractivity contribution in [1.82, 2.24) is 9.80 Å². The van der Waals surface area contributed by atoms with Gasteiger partial charge in [0.1, 0.15) is 17.6 Å². The molecule has 0 aliphatic carbocycles. The van der Waals surface area contributed by atoms with Gasteiger partial charge in [-0.25, -0.2) is 4.79 Å². The number of para-hydroxylation sites is 1. The highest BCUT2D eigenvalue weighted by molar-refractivity contribution is 5.89. The number of carbonyl (C=O) groups excluding carboxylic acids is 1. The third-order valence-corrected chi connectivity index (χ3v) is 5.51. The number of benzene rings is 2. The Bertz CT molecular complexity index is 909. The van der Waals surface area contributed by atoms with E-state index in [0.717, 1.165) is 32.7 Å². The molecule has 29 heavy (non-hydrogen) atoms. The standard InChI is InChI=1S/C22H24N4O3/c1-25(19-10-11-26-12-13-28-21(19)15-26)22(27)24-17-6-8-18(9-7-17)29-20-5-3-2-4-16(20)14-23/h2-9,19,21H,10-13,15H2,1H3,(H,24,27). The molecular weight excluding hydrogens is 368 g/mol. The number of nitriles is 1. The lowest BCUT2D eigenvalue weighted by molar-refractivity contribution is -0.0878. The van der Waals surface area contributed by atoms with Gasteiger partial charge < -0.3 is 19.7 Å². The van der Waals surface area contributed by atoms with Gasteiger partial charge in [0.15, 0.2) is 0 Å². The van der Waals surface area contributed by atoms with E-state index in [-0.39, 0.29) is 18.2 Å². The van der Waals surface area contributed by atoms with E-state index >= 15 is 0 Å². The van der Waals surface area contributed by atoms with E-state index < -0.39 is 0 Å². The van der Waals surface area contributed by atoms with E-state index in [1.165, 1.54) is 0 Å². The van der Waals surface area contributed by atoms with Crippen LogP contribution in [0.15, 0.2) is 48.5 Å². The molecule has 2 aromatic rings. The molecule has 3 atom stereocenters. The fourth-order valence-corrected chi connectivity index (χ4v) is 3.85. The molecule has 2 amide bonds. The van der Waals surface area contributed by atoms with Crippen molar-refractivity contribution in [2.45, 2.75) is 18.6 Å². The predicted octanol–water partition coefficient (Wildman–Crippen LogP) is 3.29. The Morgan fingerprint density at radius 2 is 2.03 bits per heavy atom. The Hall–Kier alpha value is -3.08. The summed E-state index contributed by atoms with van der Waals surface area (Å²) >= 11 is 0. The van der Waals surface area contributed by atoms with Gasteiger partial charge in [0.2, 0.25) is 0 Å². The zero-order valence-electron chi connectivity index (χ0n) is 16.4. The molecule has 4 rings (SSSR count). The minimum Gasteiger partial charge on any atom is -0.456 e. The van der Waals surface area contributed by atoms with Crippen LogP contribution in [0.5, 0.6) is 11.5 Å². The maximum Gasteiger partial charge on any atom is 0.321 e. The van der Waals surface area contributed by atoms with Gasteiger partial charge in [0, 0.05) is 32.4 Å². The van der Waals surface area contributed by atoms with Crippen molar-refractivity contribution in [3.05, 3.63) is 54.1 Å². The molecule has 7 heteroatoms. The van der Waals surface area contributed by atoms with Gasteiger partial charge in [-0.1, -0.05) is 12.1 Å². The van der Waals surface area contributed by atoms with Gasteiger partial charge in [-0.05, 0) is 42.8 Å². The van der Waals surface area contributed by atoms with Crippen LogP contribution in [-0.2, 0) is 4.74 Å². The minimum atomic E-state index is -0.152. The van der Waals surface area contributed by atoms with Crippen molar-refractivity contribution in [3.63, 3.8) is 0 Å². The molecule has 2 aliphatic rings. The van der Waals surface area contributed by atoms with Crippen molar-refractivity contribution < 1.29 is 14.3 Å². The van der Waals surface area contributed by atoms with Crippen LogP contribution in [0.2, 0.25) is 0 Å². The number of fused-ring (bicyclic) bond motifs is 2. The molecule has 2 bridgehead atoms. The van der Waals surface area contributed by atoms with E-state index in [0.29, 0.717) is 22.7 Å². The van der Waals surface area contributed by atoms with Crippen molar-refractivity contribution in [2.75, 3.05) is 38.6 Å². The van der Waals surface area contributed by atoms with Crippen molar-refractivity contribution in [2.24, 2.45) is 0 Å². The van der Waals surface area contributed by atoms with E-state index in [4.69, 9.17) is 14.7 Å². The first-order valence-electron chi connectivity index (χ1n) is 9.79. The molecule has 0 aromatic heterocycles. The number of carbonyl (C=O) groups is 1. The van der Waals surface area contributed by atoms with E-state index in [1.54, 1.807) is 47.4 Å². The van der Waals surface area contributed by atoms with Crippen LogP contribution < -0.4 is 10.1 Å². The summed E-state index contributed by atoms with van der Waals surface area (Å²) in [5.41, 5.74) is 1.16. The normalized spacial score (nSPS) is 23.0. The first-order valence-corrected chi connectivity index (χ1v) is 9.79. The molecule has 2 saturated heterocycles. The number of rotatable bonds is 4. The molecule has 7 nitrogen and oxygen atoms in total. The first-order chi connectivity index (χ1) is 14.1. The van der Waals surface area contributed by atoms with Gasteiger partial charge in [-0.15, -0.1) is 0 Å². The van der Waals surface area contributed by atoms with Gasteiger partial charge in [0.05, 0.1) is 24.3 Å². The Kier molecular flexibility index (Phi) is 5.65. The largest absolute Gasteiger partial charge is 0.456 e. The van der Waals surface area contributed by atoms with Crippen molar-refractivity contribution >= 4 is 11.7 Å². The Morgan fingerprint density at radius 3 is 2.83 bits per heavy atom. The summed E-state index contributed by atoms with van der Waals surface area (Å²) in [7, 11) is 1.82. The number of amides is 2. The summed E-state index contributed by atoms with van der Waals surface area (Å²) in [6.45, 7) is 3.59. The van der Waals surface area contributed by atoms with E-state index in [1.807, 2.05) is 13.1 Å². The lowest BCUT2D eigenvalue weighted by Gasteiger charge is -2.45. The summed E-state index contributed by atoms with van der Waals surface area (Å²) in [5, 5.41) is 12.1. The Labute approximate surface area is 170 Å². The second-order valence-corrected chi connectivity index (χ2v) is 7.34. The van der Waals surface area contributed by atoms with Gasteiger partial charge in [0.25, 0.3) is 0 Å². The molecule has 2 aliphatic heterocycles. The van der Waals surface area contributed by atoms with Crippen LogP contribution in [0.25, 0.3) is 0 Å². The van der Waals surface area contributed by atoms with E-state index in [9.17, 15) is 4.79 Å². The second-order valence-electron chi connectivity index (χ2n) is 7.34. The molecule has 0 saturated carbocycles. The maximum absolute atomic E-state index is 12.7. The van der Waals surface area contributed by atoms with Crippen LogP contribution in [0, 0.1) is 11.3 Å². The number of likely N-dealkylation sites (N-methyl/N-ethyl adjacent to an activating group) is 1. The Balaban J connectivity index is 1.37. The van der Waals surface area contributed by atoms with Gasteiger partial charge in [-0.3, -0.25) is 4.90 Å². The Morgan fingerprint density at radius 1 is 1.24 bits per heavy atom. The molecule has 2 heterocycles. The third-order valence-electron chi connectivity index (χ3n) is 5.51. The number of hydrogen-bond donors (Lipinski definition) is 1. The molecule has 0 radical (unpaired) electrons. The van der Waals surface area contributed by atoms with Crippen LogP contribution in [0.4, 0.5) is 10.5 Å². The zero-order chi connectivity index (χ0) is 20.2. The van der Waals surface area contributed by atoms with Crippen LogP contribution in [-0.4, -0.2) is 61.3 Å². The number of anilines is 1. The lowest BCUT2D eigenvalue weighted by atomic mass is 9.99. The SMILES string of the molecule is CN(C(=O)Nc1ccc(Oc2ccccc2C#N)cc1)C1CCN2CCOC1C2. The molecular formula is C22H24N4O3. The van der Waals surface area contributed by atoms with Crippen molar-refractivity contribution in [1.29, 1.82) is 5.26 Å². The molecule has 150 valence electrons. The van der Waals surface area contributed by atoms with Gasteiger partial charge >= 0.3 is 6.03 Å². The molecule has 3 unspecified atom stereocenters. The summed E-state index contributed by atoms with van der Waals surface area (Å²) in [5.74, 6) is 1.10. The number of nitrogens with one attached hydrogen (secondary N) is 1. The highest BCUT2D eigenvalue weighted by Gasteiger charge is 2.36. The number of hydrogen-bond acceptors (Lipinski definition) is 5. The lowest BCUT2D eigenvalue weighted by Crippen LogP contribution is -2.59. The smallest absolute Gasteiger partial charge is 0.321 e. The average Bonchev–Trinajstić information content (AvgIpc) is 2.75. The fraction of sp³-hybridized carbons (Fsp3) is 0.364. The summed E-state index contributed by atoms with van der Waals surface area (Å²) in [6.07, 6.45) is 0.990. The molecule has 2 aromatic carbocycles. The fourth-order valence-electron chi connectivity index (χ4n) is 3.85. The maximum atomic E-state index is 12.7. The minimum absolute atomic E-state index is 0.0734. The highest BCUT2D eigenvalue weighted by atomic mass is 16.5. The summed E-state index contributed by atoms with van der Waals surface area (Å²) in [4.78, 5) is 16.8. The van der Waals surface area contributed by atoms with Crippen LogP contribution >= 0.6 is 0 Å². The second kappa shape index (κ2) is 8.52. The molecule has 0 spiro atoms. The highest BCUT2D eigenvalue weighted by Crippen LogP contribution is 2.26. The number of urea groups is 1. The first kappa shape index (κ1) is 19.2. The van der Waals surface area contributed by atoms with Gasteiger partial charge in [-0.2, -0.15) is 5.26 Å². The monoisotopic (exact) mass is 392 g/mol. The molecule has 2 fully saturated rings. The quantitative estimate of drug-likeness (QED) is 0.864. The number of nitrogens with zero attached hydrogens (tertiary/aromatic N) is 3. The van der Waals surface area contributed by atoms with Crippen LogP contribution in [0.3, 0.4) is 0 Å². The number of morpholine rings is 1. The van der Waals surface area contributed by atoms with Crippen molar-refractivity contribution in [3.8, 4) is 17.6 Å². The summed E-state index contributed by atoms with van der Waals surface area (Å²) < 4.78 is 11.7. The average molecular weight is 392 g/mol.